The Bertz CT molecular complexity index is 1330. The summed E-state index contributed by atoms with van der Waals surface area (Å²) >= 11 is 9.05. The first-order chi connectivity index (χ1) is 17.0. The van der Waals surface area contributed by atoms with Crippen molar-refractivity contribution in [2.75, 3.05) is 11.1 Å². The van der Waals surface area contributed by atoms with E-state index < -0.39 is 34.8 Å². The SMILES string of the molecule is Nc1ccc(Br)nn1.O=C(Nc1ccc(-c2cc(C(F)(F)F)ccc2Cl)nn1)c1c(F)cccc1F. The average Bonchev–Trinajstić information content (AvgIpc) is 2.81. The Kier molecular flexibility index (Phi) is 8.48. The number of halogens is 7. The molecule has 2 heterocycles. The van der Waals surface area contributed by atoms with Crippen LogP contribution in [0.2, 0.25) is 5.02 Å². The van der Waals surface area contributed by atoms with Gasteiger partial charge in [0.2, 0.25) is 0 Å². The van der Waals surface area contributed by atoms with Crippen molar-refractivity contribution in [1.82, 2.24) is 20.4 Å². The van der Waals surface area contributed by atoms with Gasteiger partial charge in [0, 0.05) is 5.56 Å². The number of rotatable bonds is 3. The first-order valence-corrected chi connectivity index (χ1v) is 10.8. The predicted molar refractivity (Wildman–Crippen MR) is 126 cm³/mol. The minimum atomic E-state index is -4.56. The van der Waals surface area contributed by atoms with E-state index in [1.807, 2.05) is 0 Å². The quantitative estimate of drug-likeness (QED) is 0.278. The third kappa shape index (κ3) is 6.92. The Morgan fingerprint density at radius 2 is 1.61 bits per heavy atom. The molecule has 0 aliphatic carbocycles. The van der Waals surface area contributed by atoms with E-state index in [-0.39, 0.29) is 22.1 Å². The molecule has 2 aromatic carbocycles. The number of alkyl halides is 3. The van der Waals surface area contributed by atoms with Gasteiger partial charge in [-0.15, -0.1) is 20.4 Å². The zero-order valence-corrected chi connectivity index (χ0v) is 20.0. The summed E-state index contributed by atoms with van der Waals surface area (Å²) in [7, 11) is 0. The van der Waals surface area contributed by atoms with E-state index in [4.69, 9.17) is 17.3 Å². The Hall–Kier alpha value is -3.71. The lowest BCUT2D eigenvalue weighted by molar-refractivity contribution is -0.137. The summed E-state index contributed by atoms with van der Waals surface area (Å²) in [5.74, 6) is -2.92. The second kappa shape index (κ2) is 11.4. The molecule has 0 saturated heterocycles. The molecular formula is C22H13BrClF5N6O. The van der Waals surface area contributed by atoms with Gasteiger partial charge in [-0.25, -0.2) is 8.78 Å². The molecule has 0 radical (unpaired) electrons. The molecule has 1 amide bonds. The van der Waals surface area contributed by atoms with E-state index in [1.54, 1.807) is 12.1 Å². The van der Waals surface area contributed by atoms with Crippen LogP contribution in [0.1, 0.15) is 15.9 Å². The highest BCUT2D eigenvalue weighted by atomic mass is 79.9. The van der Waals surface area contributed by atoms with Gasteiger partial charge in [-0.3, -0.25) is 4.79 Å². The summed E-state index contributed by atoms with van der Waals surface area (Å²) in [5.41, 5.74) is 3.53. The number of hydrogen-bond donors (Lipinski definition) is 2. The Morgan fingerprint density at radius 3 is 2.14 bits per heavy atom. The number of nitrogens with one attached hydrogen (secondary N) is 1. The number of carbonyl (C=O) groups excluding carboxylic acids is 1. The molecule has 0 aliphatic rings. The molecule has 0 aliphatic heterocycles. The van der Waals surface area contributed by atoms with Gasteiger partial charge >= 0.3 is 6.18 Å². The highest BCUT2D eigenvalue weighted by molar-refractivity contribution is 9.10. The van der Waals surface area contributed by atoms with E-state index in [0.717, 1.165) is 36.4 Å². The molecule has 0 saturated carbocycles. The minimum absolute atomic E-state index is 0.0120. The van der Waals surface area contributed by atoms with E-state index in [9.17, 15) is 26.7 Å². The molecule has 14 heteroatoms. The Morgan fingerprint density at radius 1 is 0.917 bits per heavy atom. The highest BCUT2D eigenvalue weighted by Gasteiger charge is 2.31. The van der Waals surface area contributed by atoms with Crippen LogP contribution < -0.4 is 11.1 Å². The van der Waals surface area contributed by atoms with Gasteiger partial charge < -0.3 is 11.1 Å². The van der Waals surface area contributed by atoms with E-state index in [2.05, 4.69) is 41.6 Å². The summed E-state index contributed by atoms with van der Waals surface area (Å²) in [6.45, 7) is 0. The summed E-state index contributed by atoms with van der Waals surface area (Å²) in [6.07, 6.45) is -4.56. The van der Waals surface area contributed by atoms with Crippen LogP contribution in [0.25, 0.3) is 11.3 Å². The van der Waals surface area contributed by atoms with Gasteiger partial charge in [0.1, 0.15) is 27.6 Å². The van der Waals surface area contributed by atoms with Gasteiger partial charge in [-0.2, -0.15) is 13.2 Å². The fourth-order valence-corrected chi connectivity index (χ4v) is 3.09. The summed E-state index contributed by atoms with van der Waals surface area (Å²) in [4.78, 5) is 12.0. The van der Waals surface area contributed by atoms with Crippen LogP contribution in [0.3, 0.4) is 0 Å². The van der Waals surface area contributed by atoms with Crippen molar-refractivity contribution in [2.45, 2.75) is 6.18 Å². The molecule has 0 spiro atoms. The van der Waals surface area contributed by atoms with E-state index in [0.29, 0.717) is 10.4 Å². The second-order valence-electron chi connectivity index (χ2n) is 6.83. The number of hydrogen-bond acceptors (Lipinski definition) is 6. The van der Waals surface area contributed by atoms with Gasteiger partial charge in [0.15, 0.2) is 5.82 Å². The van der Waals surface area contributed by atoms with Crippen LogP contribution in [-0.2, 0) is 6.18 Å². The molecule has 3 N–H and O–H groups in total. The number of nitrogens with zero attached hydrogens (tertiary/aromatic N) is 4. The van der Waals surface area contributed by atoms with E-state index in [1.165, 1.54) is 12.1 Å². The smallest absolute Gasteiger partial charge is 0.382 e. The van der Waals surface area contributed by atoms with Crippen LogP contribution >= 0.6 is 27.5 Å². The summed E-state index contributed by atoms with van der Waals surface area (Å²) < 4.78 is 66.5. The maximum absolute atomic E-state index is 13.6. The fraction of sp³-hybridized carbons (Fsp3) is 0.0455. The number of aromatic nitrogens is 4. The largest absolute Gasteiger partial charge is 0.416 e. The first-order valence-electron chi connectivity index (χ1n) is 9.66. The second-order valence-corrected chi connectivity index (χ2v) is 8.05. The zero-order valence-electron chi connectivity index (χ0n) is 17.7. The van der Waals surface area contributed by atoms with Crippen LogP contribution in [-0.4, -0.2) is 26.3 Å². The maximum Gasteiger partial charge on any atom is 0.416 e. The molecule has 186 valence electrons. The summed E-state index contributed by atoms with van der Waals surface area (Å²) in [6, 6.07) is 11.6. The van der Waals surface area contributed by atoms with Crippen LogP contribution in [0.4, 0.5) is 33.6 Å². The maximum atomic E-state index is 13.6. The van der Waals surface area contributed by atoms with Crippen molar-refractivity contribution >= 4 is 45.1 Å². The highest BCUT2D eigenvalue weighted by Crippen LogP contribution is 2.35. The first kappa shape index (κ1) is 26.9. The molecule has 0 unspecified atom stereocenters. The number of nitrogen functional groups attached to an aromatic ring is 1. The number of amides is 1. The predicted octanol–water partition coefficient (Wildman–Crippen LogP) is 6.17. The molecule has 0 atom stereocenters. The van der Waals surface area contributed by atoms with Crippen molar-refractivity contribution in [3.05, 3.63) is 93.1 Å². The van der Waals surface area contributed by atoms with Crippen molar-refractivity contribution in [1.29, 1.82) is 0 Å². The third-order valence-corrected chi connectivity index (χ3v) is 5.07. The van der Waals surface area contributed by atoms with Gasteiger partial charge in [-0.1, -0.05) is 17.7 Å². The van der Waals surface area contributed by atoms with Gasteiger partial charge in [0.25, 0.3) is 5.91 Å². The van der Waals surface area contributed by atoms with Gasteiger partial charge in [-0.05, 0) is 70.5 Å². The molecule has 7 nitrogen and oxygen atoms in total. The topological polar surface area (TPSA) is 107 Å². The number of nitrogens with two attached hydrogens (primary N) is 1. The number of anilines is 2. The van der Waals surface area contributed by atoms with E-state index >= 15 is 0 Å². The van der Waals surface area contributed by atoms with Crippen molar-refractivity contribution in [2.24, 2.45) is 0 Å². The number of benzene rings is 2. The lowest BCUT2D eigenvalue weighted by Crippen LogP contribution is -2.17. The standard InChI is InChI=1S/C18H9ClF5N3O.C4H4BrN3/c19-11-5-4-9(18(22,23)24)8-10(11)14-6-7-15(27-26-14)25-17(28)16-12(20)2-1-3-13(16)21;5-3-1-2-4(6)8-7-3/h1-8H,(H,25,27,28);1-2H,(H2,6,8). The average molecular weight is 588 g/mol. The fourth-order valence-electron chi connectivity index (χ4n) is 2.66. The van der Waals surface area contributed by atoms with Crippen LogP contribution in [0.15, 0.2) is 65.3 Å². The lowest BCUT2D eigenvalue weighted by Gasteiger charge is -2.10. The molecule has 0 fully saturated rings. The van der Waals surface area contributed by atoms with Crippen molar-refractivity contribution in [3.63, 3.8) is 0 Å². The lowest BCUT2D eigenvalue weighted by atomic mass is 10.1. The molecule has 0 bridgehead atoms. The molecule has 2 aromatic heterocycles. The normalized spacial score (nSPS) is 10.9. The minimum Gasteiger partial charge on any atom is -0.382 e. The molecule has 4 aromatic rings. The molecular weight excluding hydrogens is 575 g/mol. The Labute approximate surface area is 213 Å². The zero-order chi connectivity index (χ0) is 26.5. The van der Waals surface area contributed by atoms with Crippen LogP contribution in [0.5, 0.6) is 0 Å². The third-order valence-electron chi connectivity index (χ3n) is 4.32. The van der Waals surface area contributed by atoms with Crippen LogP contribution in [0, 0.1) is 11.6 Å². The van der Waals surface area contributed by atoms with Crippen molar-refractivity contribution < 1.29 is 26.7 Å². The molecule has 4 rings (SSSR count). The number of carbonyl (C=O) groups is 1. The monoisotopic (exact) mass is 586 g/mol. The van der Waals surface area contributed by atoms with Gasteiger partial charge in [0.05, 0.1) is 16.3 Å². The van der Waals surface area contributed by atoms with Crippen molar-refractivity contribution in [3.8, 4) is 11.3 Å². The Balaban J connectivity index is 0.000000383. The molecule has 36 heavy (non-hydrogen) atoms. The summed E-state index contributed by atoms with van der Waals surface area (Å²) in [5, 5.41) is 16.7.